The fraction of sp³-hybridized carbons (Fsp3) is 0.882. The maximum atomic E-state index is 12.4. The minimum atomic E-state index is -4.67. The quantitative estimate of drug-likeness (QED) is 0.500. The van der Waals surface area contributed by atoms with E-state index in [1.165, 1.54) is 6.42 Å². The van der Waals surface area contributed by atoms with E-state index in [9.17, 15) is 9.90 Å². The standard InChI is InChI=1S/C17H25N3O2.H2O4S/c18-9-14-2-1-3-20(14)15(21)10-19-16-5-12-4-13(6-16)8-17(22,7-12)11-16;1-5(2,3)4/h12-14,19,22H,1-8,10-11H2;(H2,1,2,3,4)/t12?,13?,14-,16?,17?;/m0./s1. The lowest BCUT2D eigenvalue weighted by molar-refractivity contribution is -0.147. The van der Waals surface area contributed by atoms with Crippen LogP contribution >= 0.6 is 0 Å². The molecule has 1 aliphatic heterocycles. The summed E-state index contributed by atoms with van der Waals surface area (Å²) in [5.41, 5.74) is -0.542. The van der Waals surface area contributed by atoms with Gasteiger partial charge in [-0.2, -0.15) is 13.7 Å². The van der Waals surface area contributed by atoms with Crippen LogP contribution in [0.25, 0.3) is 0 Å². The first-order valence-corrected chi connectivity index (χ1v) is 10.8. The third kappa shape index (κ3) is 4.97. The second-order valence-corrected chi connectivity index (χ2v) is 9.54. The summed E-state index contributed by atoms with van der Waals surface area (Å²) >= 11 is 0. The molecule has 1 saturated heterocycles. The smallest absolute Gasteiger partial charge is 0.390 e. The van der Waals surface area contributed by atoms with Gasteiger partial charge in [0.25, 0.3) is 0 Å². The number of carbonyl (C=O) groups is 1. The summed E-state index contributed by atoms with van der Waals surface area (Å²) in [4.78, 5) is 14.2. The van der Waals surface area contributed by atoms with E-state index < -0.39 is 16.0 Å². The summed E-state index contributed by atoms with van der Waals surface area (Å²) in [6.07, 6.45) is 7.87. The van der Waals surface area contributed by atoms with Gasteiger partial charge >= 0.3 is 10.4 Å². The Morgan fingerprint density at radius 1 is 1.22 bits per heavy atom. The maximum Gasteiger partial charge on any atom is 0.394 e. The molecule has 27 heavy (non-hydrogen) atoms. The van der Waals surface area contributed by atoms with E-state index in [4.69, 9.17) is 22.8 Å². The van der Waals surface area contributed by atoms with Crippen LogP contribution < -0.4 is 5.32 Å². The average molecular weight is 401 g/mol. The van der Waals surface area contributed by atoms with Crippen molar-refractivity contribution in [1.29, 1.82) is 5.26 Å². The first-order valence-electron chi connectivity index (χ1n) is 9.37. The van der Waals surface area contributed by atoms with Gasteiger partial charge in [0.2, 0.25) is 5.91 Å². The zero-order valence-corrected chi connectivity index (χ0v) is 16.0. The van der Waals surface area contributed by atoms with E-state index in [2.05, 4.69) is 11.4 Å². The lowest BCUT2D eigenvalue weighted by atomic mass is 9.51. The zero-order chi connectivity index (χ0) is 19.9. The highest BCUT2D eigenvalue weighted by molar-refractivity contribution is 7.79. The molecule has 0 spiro atoms. The molecule has 10 heteroatoms. The third-order valence-corrected chi connectivity index (χ3v) is 6.37. The highest BCUT2D eigenvalue weighted by Crippen LogP contribution is 2.57. The molecule has 5 fully saturated rings. The van der Waals surface area contributed by atoms with Crippen molar-refractivity contribution >= 4 is 16.3 Å². The van der Waals surface area contributed by atoms with Crippen molar-refractivity contribution in [2.45, 2.75) is 68.5 Å². The molecule has 0 aromatic rings. The number of rotatable bonds is 3. The Hall–Kier alpha value is -1.25. The number of aliphatic hydroxyl groups is 1. The number of nitrogens with zero attached hydrogens (tertiary/aromatic N) is 2. The van der Waals surface area contributed by atoms with Crippen molar-refractivity contribution in [2.24, 2.45) is 11.8 Å². The second-order valence-electron chi connectivity index (χ2n) is 8.64. The summed E-state index contributed by atoms with van der Waals surface area (Å²) in [5.74, 6) is 1.28. The van der Waals surface area contributed by atoms with Crippen LogP contribution in [0.3, 0.4) is 0 Å². The minimum absolute atomic E-state index is 0.0453. The van der Waals surface area contributed by atoms with Gasteiger partial charge in [-0.25, -0.2) is 0 Å². The van der Waals surface area contributed by atoms with Gasteiger partial charge in [0.05, 0.1) is 18.2 Å². The molecule has 0 radical (unpaired) electrons. The van der Waals surface area contributed by atoms with Gasteiger partial charge in [-0.05, 0) is 63.2 Å². The molecular weight excluding hydrogens is 374 g/mol. The predicted molar refractivity (Wildman–Crippen MR) is 94.9 cm³/mol. The molecule has 1 heterocycles. The van der Waals surface area contributed by atoms with Crippen LogP contribution in [0.2, 0.25) is 0 Å². The number of hydrogen-bond acceptors (Lipinski definition) is 6. The Bertz CT molecular complexity index is 711. The summed E-state index contributed by atoms with van der Waals surface area (Å²) in [6, 6.07) is 1.99. The monoisotopic (exact) mass is 401 g/mol. The Labute approximate surface area is 159 Å². The molecule has 9 nitrogen and oxygen atoms in total. The van der Waals surface area contributed by atoms with Gasteiger partial charge < -0.3 is 15.3 Å². The lowest BCUT2D eigenvalue weighted by Gasteiger charge is -2.60. The van der Waals surface area contributed by atoms with Gasteiger partial charge in [-0.1, -0.05) is 0 Å². The van der Waals surface area contributed by atoms with Crippen LogP contribution in [0.15, 0.2) is 0 Å². The fourth-order valence-electron chi connectivity index (χ4n) is 5.99. The van der Waals surface area contributed by atoms with Crippen LogP contribution in [0.5, 0.6) is 0 Å². The van der Waals surface area contributed by atoms with Gasteiger partial charge in [0, 0.05) is 12.1 Å². The van der Waals surface area contributed by atoms with E-state index in [0.29, 0.717) is 24.9 Å². The van der Waals surface area contributed by atoms with E-state index in [1.54, 1.807) is 4.90 Å². The van der Waals surface area contributed by atoms with Gasteiger partial charge in [-0.3, -0.25) is 13.9 Å². The lowest BCUT2D eigenvalue weighted by Crippen LogP contribution is -2.65. The van der Waals surface area contributed by atoms with Crippen molar-refractivity contribution < 1.29 is 27.4 Å². The number of carbonyl (C=O) groups excluding carboxylic acids is 1. The number of nitriles is 1. The first kappa shape index (κ1) is 20.5. The largest absolute Gasteiger partial charge is 0.394 e. The van der Waals surface area contributed by atoms with Crippen LogP contribution in [0.1, 0.15) is 51.4 Å². The summed E-state index contributed by atoms with van der Waals surface area (Å²) in [6.45, 7) is 1.02. The average Bonchev–Trinajstić information content (AvgIpc) is 2.97. The van der Waals surface area contributed by atoms with Crippen LogP contribution in [0, 0.1) is 23.2 Å². The number of likely N-dealkylation sites (tertiary alicyclic amines) is 1. The molecule has 2 unspecified atom stereocenters. The van der Waals surface area contributed by atoms with E-state index in [1.807, 2.05) is 0 Å². The molecule has 3 atom stereocenters. The van der Waals surface area contributed by atoms with E-state index >= 15 is 0 Å². The molecule has 0 aromatic heterocycles. The van der Waals surface area contributed by atoms with Crippen LogP contribution in [0.4, 0.5) is 0 Å². The van der Waals surface area contributed by atoms with Crippen molar-refractivity contribution in [1.82, 2.24) is 10.2 Å². The van der Waals surface area contributed by atoms with E-state index in [0.717, 1.165) is 44.9 Å². The third-order valence-electron chi connectivity index (χ3n) is 6.37. The highest BCUT2D eigenvalue weighted by atomic mass is 32.3. The van der Waals surface area contributed by atoms with Crippen molar-refractivity contribution in [3.05, 3.63) is 0 Å². The first-order chi connectivity index (χ1) is 12.5. The van der Waals surface area contributed by atoms with Gasteiger partial charge in [0.1, 0.15) is 6.04 Å². The summed E-state index contributed by atoms with van der Waals surface area (Å²) < 4.78 is 31.6. The van der Waals surface area contributed by atoms with Crippen molar-refractivity contribution in [2.75, 3.05) is 13.1 Å². The summed E-state index contributed by atoms with van der Waals surface area (Å²) in [7, 11) is -4.67. The molecule has 4 bridgehead atoms. The van der Waals surface area contributed by atoms with Gasteiger partial charge in [-0.15, -0.1) is 0 Å². The Balaban J connectivity index is 0.000000376. The maximum absolute atomic E-state index is 12.4. The topological polar surface area (TPSA) is 151 Å². The molecule has 0 aromatic carbocycles. The number of nitrogens with one attached hydrogen (secondary N) is 1. The molecule has 4 aliphatic carbocycles. The second kappa shape index (κ2) is 7.29. The van der Waals surface area contributed by atoms with Crippen LogP contribution in [-0.2, 0) is 15.2 Å². The normalized spacial score (nSPS) is 39.6. The van der Waals surface area contributed by atoms with E-state index in [-0.39, 0.29) is 17.5 Å². The molecular formula is C17H27N3O6S. The molecule has 152 valence electrons. The fourth-order valence-corrected chi connectivity index (χ4v) is 5.99. The zero-order valence-electron chi connectivity index (χ0n) is 15.2. The Morgan fingerprint density at radius 2 is 1.81 bits per heavy atom. The molecule has 4 N–H and O–H groups in total. The van der Waals surface area contributed by atoms with Crippen LogP contribution in [-0.4, -0.2) is 63.7 Å². The number of amides is 1. The number of hydrogen-bond donors (Lipinski definition) is 4. The van der Waals surface area contributed by atoms with Crippen molar-refractivity contribution in [3.63, 3.8) is 0 Å². The van der Waals surface area contributed by atoms with Gasteiger partial charge in [0.15, 0.2) is 0 Å². The predicted octanol–water partition coefficient (Wildman–Crippen LogP) is 0.521. The highest BCUT2D eigenvalue weighted by Gasteiger charge is 2.57. The Kier molecular flexibility index (Phi) is 5.53. The minimum Gasteiger partial charge on any atom is -0.390 e. The Morgan fingerprint density at radius 3 is 2.33 bits per heavy atom. The SMILES string of the molecule is N#C[C@@H]1CCCN1C(=O)CNC12CC3CC(CC(O)(C3)C1)C2.O=S(=O)(O)O. The van der Waals surface area contributed by atoms with Crippen molar-refractivity contribution in [3.8, 4) is 6.07 Å². The summed E-state index contributed by atoms with van der Waals surface area (Å²) in [5, 5.41) is 23.4. The molecule has 1 amide bonds. The molecule has 5 rings (SSSR count). The molecule has 5 aliphatic rings. The molecule has 4 saturated carbocycles.